The number of likely N-dealkylation sites (tertiary alicyclic amines) is 1. The molecule has 6 nitrogen and oxygen atoms in total. The third-order valence-electron chi connectivity index (χ3n) is 5.36. The normalized spacial score (nSPS) is 16.0. The minimum atomic E-state index is -0.854. The summed E-state index contributed by atoms with van der Waals surface area (Å²) in [4.78, 5) is 43.3. The molecular formula is C22H22N2O4S. The second-order valence-electron chi connectivity index (χ2n) is 7.24. The first-order valence-electron chi connectivity index (χ1n) is 9.68. The highest BCUT2D eigenvalue weighted by atomic mass is 32.1. The van der Waals surface area contributed by atoms with Crippen molar-refractivity contribution in [3.05, 3.63) is 58.4 Å². The molecule has 0 aliphatic carbocycles. The zero-order valence-corrected chi connectivity index (χ0v) is 16.9. The molecule has 29 heavy (non-hydrogen) atoms. The lowest BCUT2D eigenvalue weighted by atomic mass is 9.96. The van der Waals surface area contributed by atoms with Crippen LogP contribution in [0, 0.1) is 5.92 Å². The van der Waals surface area contributed by atoms with E-state index in [1.165, 1.54) is 11.3 Å². The zero-order valence-electron chi connectivity index (χ0n) is 16.1. The molecular weight excluding hydrogens is 388 g/mol. The number of aromatic nitrogens is 1. The number of H-pyrrole nitrogens is 1. The van der Waals surface area contributed by atoms with Gasteiger partial charge in [0.25, 0.3) is 5.91 Å². The van der Waals surface area contributed by atoms with E-state index in [0.717, 1.165) is 10.9 Å². The van der Waals surface area contributed by atoms with Crippen molar-refractivity contribution < 1.29 is 19.1 Å². The third-order valence-corrected chi connectivity index (χ3v) is 6.22. The standard InChI is InChI=1S/C22H22N2O4S/c1-14(20(25)17-13-23-18-6-3-2-5-16(17)18)28-22(27)15-8-10-24(11-9-15)21(26)19-7-4-12-29-19/h2-7,12-15,23H,8-11H2,1H3/t14-/m1/s1. The highest BCUT2D eigenvalue weighted by Gasteiger charge is 2.31. The molecule has 150 valence electrons. The van der Waals surface area contributed by atoms with Gasteiger partial charge in [0, 0.05) is 35.8 Å². The van der Waals surface area contributed by atoms with Gasteiger partial charge >= 0.3 is 5.97 Å². The Balaban J connectivity index is 1.33. The van der Waals surface area contributed by atoms with Crippen LogP contribution in [-0.4, -0.2) is 46.7 Å². The molecule has 1 aliphatic heterocycles. The van der Waals surface area contributed by atoms with Gasteiger partial charge in [-0.3, -0.25) is 14.4 Å². The lowest BCUT2D eigenvalue weighted by Crippen LogP contribution is -2.41. The van der Waals surface area contributed by atoms with Crippen LogP contribution in [-0.2, 0) is 9.53 Å². The first kappa shape index (κ1) is 19.4. The number of nitrogens with zero attached hydrogens (tertiary/aromatic N) is 1. The number of hydrogen-bond acceptors (Lipinski definition) is 5. The maximum atomic E-state index is 12.8. The number of rotatable bonds is 5. The van der Waals surface area contributed by atoms with Gasteiger partial charge in [-0.2, -0.15) is 0 Å². The number of aromatic amines is 1. The number of para-hydroxylation sites is 1. The van der Waals surface area contributed by atoms with Crippen LogP contribution in [0.5, 0.6) is 0 Å². The third kappa shape index (κ3) is 3.96. The van der Waals surface area contributed by atoms with E-state index < -0.39 is 6.10 Å². The van der Waals surface area contributed by atoms with E-state index in [9.17, 15) is 14.4 Å². The van der Waals surface area contributed by atoms with Crippen LogP contribution in [0.15, 0.2) is 48.0 Å². The fourth-order valence-electron chi connectivity index (χ4n) is 3.69. The van der Waals surface area contributed by atoms with Crippen LogP contribution >= 0.6 is 11.3 Å². The Labute approximate surface area is 172 Å². The summed E-state index contributed by atoms with van der Waals surface area (Å²) in [5.41, 5.74) is 1.40. The summed E-state index contributed by atoms with van der Waals surface area (Å²) in [6.45, 7) is 2.64. The van der Waals surface area contributed by atoms with Crippen molar-refractivity contribution in [2.24, 2.45) is 5.92 Å². The molecule has 0 bridgehead atoms. The highest BCUT2D eigenvalue weighted by molar-refractivity contribution is 7.12. The van der Waals surface area contributed by atoms with E-state index in [2.05, 4.69) is 4.98 Å². The van der Waals surface area contributed by atoms with Gasteiger partial charge < -0.3 is 14.6 Å². The second kappa shape index (κ2) is 8.21. The molecule has 0 spiro atoms. The van der Waals surface area contributed by atoms with E-state index in [0.29, 0.717) is 36.4 Å². The van der Waals surface area contributed by atoms with E-state index in [1.807, 2.05) is 41.8 Å². The number of fused-ring (bicyclic) bond motifs is 1. The van der Waals surface area contributed by atoms with Gasteiger partial charge in [-0.15, -0.1) is 11.3 Å². The average Bonchev–Trinajstić information content (AvgIpc) is 3.43. The molecule has 3 heterocycles. The Hall–Kier alpha value is -2.93. The molecule has 0 unspecified atom stereocenters. The zero-order chi connectivity index (χ0) is 20.4. The van der Waals surface area contributed by atoms with Crippen LogP contribution in [0.4, 0.5) is 0 Å². The fourth-order valence-corrected chi connectivity index (χ4v) is 4.38. The van der Waals surface area contributed by atoms with Gasteiger partial charge in [0.15, 0.2) is 6.10 Å². The van der Waals surface area contributed by atoms with Crippen molar-refractivity contribution in [3.8, 4) is 0 Å². The van der Waals surface area contributed by atoms with Gasteiger partial charge in [-0.25, -0.2) is 0 Å². The maximum absolute atomic E-state index is 12.8. The fraction of sp³-hybridized carbons (Fsp3) is 0.318. The number of hydrogen-bond donors (Lipinski definition) is 1. The van der Waals surface area contributed by atoms with E-state index in [1.54, 1.807) is 18.0 Å². The minimum Gasteiger partial charge on any atom is -0.454 e. The van der Waals surface area contributed by atoms with Gasteiger partial charge in [-0.1, -0.05) is 24.3 Å². The predicted molar refractivity (Wildman–Crippen MR) is 111 cm³/mol. The Morgan fingerprint density at radius 3 is 2.62 bits per heavy atom. The molecule has 1 aliphatic rings. The Morgan fingerprint density at radius 1 is 1.14 bits per heavy atom. The number of nitrogens with one attached hydrogen (secondary N) is 1. The van der Waals surface area contributed by atoms with Crippen molar-refractivity contribution in [3.63, 3.8) is 0 Å². The first-order chi connectivity index (χ1) is 14.0. The number of carbonyl (C=O) groups is 3. The number of amides is 1. The number of ketones is 1. The van der Waals surface area contributed by atoms with Crippen LogP contribution in [0.3, 0.4) is 0 Å². The van der Waals surface area contributed by atoms with Crippen LogP contribution in [0.1, 0.15) is 39.8 Å². The van der Waals surface area contributed by atoms with Crippen molar-refractivity contribution in [2.45, 2.75) is 25.9 Å². The van der Waals surface area contributed by atoms with Crippen molar-refractivity contribution in [1.82, 2.24) is 9.88 Å². The molecule has 1 fully saturated rings. The maximum Gasteiger partial charge on any atom is 0.309 e. The number of carbonyl (C=O) groups excluding carboxylic acids is 3. The molecule has 3 aromatic rings. The van der Waals surface area contributed by atoms with Crippen LogP contribution < -0.4 is 0 Å². The SMILES string of the molecule is C[C@@H](OC(=O)C1CCN(C(=O)c2cccs2)CC1)C(=O)c1c[nH]c2ccccc12. The molecule has 1 saturated heterocycles. The molecule has 1 aromatic carbocycles. The lowest BCUT2D eigenvalue weighted by molar-refractivity contribution is -0.152. The molecule has 0 saturated carbocycles. The summed E-state index contributed by atoms with van der Waals surface area (Å²) in [6.07, 6.45) is 1.90. The Kier molecular flexibility index (Phi) is 5.49. The molecule has 1 N–H and O–H groups in total. The van der Waals surface area contributed by atoms with Crippen LogP contribution in [0.25, 0.3) is 10.9 Å². The predicted octanol–water partition coefficient (Wildman–Crippen LogP) is 3.90. The largest absolute Gasteiger partial charge is 0.454 e. The topological polar surface area (TPSA) is 79.5 Å². The number of benzene rings is 1. The molecule has 1 atom stereocenters. The van der Waals surface area contributed by atoms with Crippen molar-refractivity contribution >= 4 is 39.9 Å². The quantitative estimate of drug-likeness (QED) is 0.511. The van der Waals surface area contributed by atoms with Crippen molar-refractivity contribution in [1.29, 1.82) is 0 Å². The molecule has 2 aromatic heterocycles. The summed E-state index contributed by atoms with van der Waals surface area (Å²) in [6, 6.07) is 11.2. The average molecular weight is 410 g/mol. The summed E-state index contributed by atoms with van der Waals surface area (Å²) >= 11 is 1.42. The summed E-state index contributed by atoms with van der Waals surface area (Å²) in [7, 11) is 0. The van der Waals surface area contributed by atoms with Crippen molar-refractivity contribution in [2.75, 3.05) is 13.1 Å². The van der Waals surface area contributed by atoms with Gasteiger partial charge in [0.1, 0.15) is 0 Å². The smallest absolute Gasteiger partial charge is 0.309 e. The lowest BCUT2D eigenvalue weighted by Gasteiger charge is -2.31. The molecule has 1 amide bonds. The Morgan fingerprint density at radius 2 is 1.90 bits per heavy atom. The second-order valence-corrected chi connectivity index (χ2v) is 8.18. The summed E-state index contributed by atoms with van der Waals surface area (Å²) < 4.78 is 5.49. The van der Waals surface area contributed by atoms with E-state index in [4.69, 9.17) is 4.74 Å². The van der Waals surface area contributed by atoms with E-state index in [-0.39, 0.29) is 23.6 Å². The molecule has 7 heteroatoms. The van der Waals surface area contributed by atoms with Gasteiger partial charge in [-0.05, 0) is 37.3 Å². The first-order valence-corrected chi connectivity index (χ1v) is 10.6. The summed E-state index contributed by atoms with van der Waals surface area (Å²) in [5.74, 6) is -0.870. The number of esters is 1. The molecule has 0 radical (unpaired) electrons. The highest BCUT2D eigenvalue weighted by Crippen LogP contribution is 2.24. The summed E-state index contributed by atoms with van der Waals surface area (Å²) in [5, 5.41) is 2.70. The number of ether oxygens (including phenoxy) is 1. The van der Waals surface area contributed by atoms with E-state index >= 15 is 0 Å². The number of thiophene rings is 1. The number of piperidine rings is 1. The molecule has 4 rings (SSSR count). The monoisotopic (exact) mass is 410 g/mol. The van der Waals surface area contributed by atoms with Crippen LogP contribution in [0.2, 0.25) is 0 Å². The van der Waals surface area contributed by atoms with Gasteiger partial charge in [0.05, 0.1) is 10.8 Å². The van der Waals surface area contributed by atoms with Gasteiger partial charge in [0.2, 0.25) is 5.78 Å². The Bertz CT molecular complexity index is 1030. The minimum absolute atomic E-state index is 0.00898. The number of Topliss-reactive ketones (excluding diaryl/α,β-unsaturated/α-hetero) is 1.